The van der Waals surface area contributed by atoms with Gasteiger partial charge in [-0.2, -0.15) is 0 Å². The Kier molecular flexibility index (Phi) is 4.12. The number of aromatic nitrogens is 2. The van der Waals surface area contributed by atoms with Gasteiger partial charge in [-0.1, -0.05) is 18.9 Å². The summed E-state index contributed by atoms with van der Waals surface area (Å²) in [6.45, 7) is 0.758. The average molecular weight is 288 g/mol. The molecule has 3 rings (SSSR count). The van der Waals surface area contributed by atoms with Crippen LogP contribution in [0.5, 0.6) is 0 Å². The van der Waals surface area contributed by atoms with E-state index in [1.165, 1.54) is 6.42 Å². The van der Waals surface area contributed by atoms with Gasteiger partial charge in [-0.3, -0.25) is 0 Å². The molecular formula is C16H24N4O. The summed E-state index contributed by atoms with van der Waals surface area (Å²) < 4.78 is 2.12. The fourth-order valence-corrected chi connectivity index (χ4v) is 3.35. The van der Waals surface area contributed by atoms with Crippen LogP contribution < -0.4 is 10.2 Å². The van der Waals surface area contributed by atoms with Gasteiger partial charge in [0.2, 0.25) is 0 Å². The van der Waals surface area contributed by atoms with Crippen molar-refractivity contribution >= 4 is 11.5 Å². The third-order valence-electron chi connectivity index (χ3n) is 4.48. The van der Waals surface area contributed by atoms with Gasteiger partial charge in [0.1, 0.15) is 5.65 Å². The number of aliphatic hydroxyl groups excluding tert-OH is 1. The molecule has 0 aromatic carbocycles. The van der Waals surface area contributed by atoms with Crippen molar-refractivity contribution in [3.05, 3.63) is 30.1 Å². The fourth-order valence-electron chi connectivity index (χ4n) is 3.35. The molecule has 2 unspecified atom stereocenters. The van der Waals surface area contributed by atoms with Crippen LogP contribution in [-0.2, 0) is 6.54 Å². The monoisotopic (exact) mass is 288 g/mol. The van der Waals surface area contributed by atoms with E-state index in [0.717, 1.165) is 43.0 Å². The maximum absolute atomic E-state index is 10.3. The van der Waals surface area contributed by atoms with Crippen LogP contribution in [-0.4, -0.2) is 40.7 Å². The number of rotatable bonds is 4. The summed E-state index contributed by atoms with van der Waals surface area (Å²) in [4.78, 5) is 6.95. The molecule has 0 amide bonds. The van der Waals surface area contributed by atoms with Crippen LogP contribution in [0.4, 0.5) is 5.82 Å². The van der Waals surface area contributed by atoms with E-state index in [9.17, 15) is 5.11 Å². The van der Waals surface area contributed by atoms with Crippen molar-refractivity contribution in [2.45, 2.75) is 44.4 Å². The molecule has 2 aromatic heterocycles. The van der Waals surface area contributed by atoms with E-state index in [1.807, 2.05) is 31.4 Å². The number of pyridine rings is 1. The topological polar surface area (TPSA) is 52.8 Å². The third-order valence-corrected chi connectivity index (χ3v) is 4.48. The molecule has 1 aliphatic carbocycles. The quantitative estimate of drug-likeness (QED) is 0.900. The number of anilines is 1. The Hall–Kier alpha value is -1.59. The highest BCUT2D eigenvalue weighted by atomic mass is 16.3. The molecule has 0 aliphatic heterocycles. The summed E-state index contributed by atoms with van der Waals surface area (Å²) in [5.74, 6) is 0.974. The van der Waals surface area contributed by atoms with E-state index in [1.54, 1.807) is 0 Å². The highest BCUT2D eigenvalue weighted by Gasteiger charge is 2.29. The molecule has 2 heterocycles. The SMILES string of the molecule is CNCc1c(N(C)C2CCCCC2O)nc2ccccn12. The van der Waals surface area contributed by atoms with Crippen LogP contribution in [0.3, 0.4) is 0 Å². The van der Waals surface area contributed by atoms with Crippen molar-refractivity contribution in [2.75, 3.05) is 19.0 Å². The summed E-state index contributed by atoms with van der Waals surface area (Å²) >= 11 is 0. The van der Waals surface area contributed by atoms with E-state index in [4.69, 9.17) is 4.98 Å². The van der Waals surface area contributed by atoms with Crippen LogP contribution in [0.2, 0.25) is 0 Å². The molecule has 21 heavy (non-hydrogen) atoms. The first-order valence-electron chi connectivity index (χ1n) is 7.74. The lowest BCUT2D eigenvalue weighted by Crippen LogP contribution is -2.44. The molecule has 1 fully saturated rings. The van der Waals surface area contributed by atoms with Crippen LogP contribution in [0, 0.1) is 0 Å². The number of imidazole rings is 1. The Bertz CT molecular complexity index is 609. The predicted molar refractivity (Wildman–Crippen MR) is 84.6 cm³/mol. The van der Waals surface area contributed by atoms with Crippen molar-refractivity contribution in [1.29, 1.82) is 0 Å². The van der Waals surface area contributed by atoms with E-state index in [2.05, 4.69) is 21.7 Å². The largest absolute Gasteiger partial charge is 0.391 e. The van der Waals surface area contributed by atoms with Crippen molar-refractivity contribution < 1.29 is 5.11 Å². The molecule has 2 atom stereocenters. The predicted octanol–water partition coefficient (Wildman–Crippen LogP) is 1.79. The zero-order chi connectivity index (χ0) is 14.8. The van der Waals surface area contributed by atoms with Gasteiger partial charge in [-0.15, -0.1) is 0 Å². The minimum absolute atomic E-state index is 0.166. The van der Waals surface area contributed by atoms with Gasteiger partial charge in [-0.25, -0.2) is 4.98 Å². The first kappa shape index (κ1) is 14.4. The second kappa shape index (κ2) is 6.03. The molecule has 1 aliphatic rings. The molecule has 0 bridgehead atoms. The lowest BCUT2D eigenvalue weighted by molar-refractivity contribution is 0.106. The standard InChI is InChI=1S/C16H24N4O/c1-17-11-13-16(18-15-9-5-6-10-20(13)15)19(2)12-7-3-4-8-14(12)21/h5-6,9-10,12,14,17,21H,3-4,7-8,11H2,1-2H3. The number of hydrogen-bond acceptors (Lipinski definition) is 4. The van der Waals surface area contributed by atoms with Crippen LogP contribution >= 0.6 is 0 Å². The van der Waals surface area contributed by atoms with Gasteiger partial charge in [0.15, 0.2) is 5.82 Å². The maximum Gasteiger partial charge on any atom is 0.152 e. The average Bonchev–Trinajstić information content (AvgIpc) is 2.87. The van der Waals surface area contributed by atoms with Crippen molar-refractivity contribution in [2.24, 2.45) is 0 Å². The molecule has 1 saturated carbocycles. The van der Waals surface area contributed by atoms with Gasteiger partial charge in [-0.05, 0) is 32.0 Å². The van der Waals surface area contributed by atoms with Gasteiger partial charge in [0.25, 0.3) is 0 Å². The number of nitrogens with one attached hydrogen (secondary N) is 1. The first-order chi connectivity index (χ1) is 10.2. The minimum Gasteiger partial charge on any atom is -0.391 e. The Morgan fingerprint density at radius 3 is 2.95 bits per heavy atom. The zero-order valence-corrected chi connectivity index (χ0v) is 12.8. The molecule has 2 aromatic rings. The Morgan fingerprint density at radius 1 is 1.38 bits per heavy atom. The fraction of sp³-hybridized carbons (Fsp3) is 0.562. The molecule has 0 radical (unpaired) electrons. The lowest BCUT2D eigenvalue weighted by atomic mass is 9.91. The number of fused-ring (bicyclic) bond motifs is 1. The maximum atomic E-state index is 10.3. The van der Waals surface area contributed by atoms with Crippen molar-refractivity contribution in [3.8, 4) is 0 Å². The molecule has 5 heteroatoms. The summed E-state index contributed by atoms with van der Waals surface area (Å²) in [5.41, 5.74) is 2.10. The smallest absolute Gasteiger partial charge is 0.152 e. The highest BCUT2D eigenvalue weighted by molar-refractivity contribution is 5.56. The minimum atomic E-state index is -0.254. The third kappa shape index (κ3) is 2.63. The van der Waals surface area contributed by atoms with Gasteiger partial charge < -0.3 is 19.7 Å². The number of hydrogen-bond donors (Lipinski definition) is 2. The van der Waals surface area contributed by atoms with Gasteiger partial charge >= 0.3 is 0 Å². The lowest BCUT2D eigenvalue weighted by Gasteiger charge is -2.35. The van der Waals surface area contributed by atoms with E-state index in [0.29, 0.717) is 0 Å². The molecule has 114 valence electrons. The summed E-state index contributed by atoms with van der Waals surface area (Å²) in [5, 5.41) is 13.5. The molecule has 5 nitrogen and oxygen atoms in total. The normalized spacial score (nSPS) is 22.6. The van der Waals surface area contributed by atoms with E-state index < -0.39 is 0 Å². The second-order valence-electron chi connectivity index (χ2n) is 5.87. The highest BCUT2D eigenvalue weighted by Crippen LogP contribution is 2.29. The second-order valence-corrected chi connectivity index (χ2v) is 5.87. The number of likely N-dealkylation sites (N-methyl/N-ethyl adjacent to an activating group) is 1. The molecule has 0 spiro atoms. The summed E-state index contributed by atoms with van der Waals surface area (Å²) in [7, 11) is 4.00. The zero-order valence-electron chi connectivity index (χ0n) is 12.8. The summed E-state index contributed by atoms with van der Waals surface area (Å²) in [6.07, 6.45) is 6.02. The van der Waals surface area contributed by atoms with Crippen LogP contribution in [0.25, 0.3) is 5.65 Å². The Morgan fingerprint density at radius 2 is 2.19 bits per heavy atom. The molecule has 0 saturated heterocycles. The van der Waals surface area contributed by atoms with E-state index in [-0.39, 0.29) is 12.1 Å². The molecular weight excluding hydrogens is 264 g/mol. The number of nitrogens with zero attached hydrogens (tertiary/aromatic N) is 3. The van der Waals surface area contributed by atoms with Gasteiger partial charge in [0.05, 0.1) is 17.8 Å². The van der Waals surface area contributed by atoms with Crippen molar-refractivity contribution in [3.63, 3.8) is 0 Å². The van der Waals surface area contributed by atoms with E-state index >= 15 is 0 Å². The van der Waals surface area contributed by atoms with Crippen molar-refractivity contribution in [1.82, 2.24) is 14.7 Å². The molecule has 2 N–H and O–H groups in total. The van der Waals surface area contributed by atoms with Gasteiger partial charge in [0, 0.05) is 19.8 Å². The Labute approximate surface area is 125 Å². The first-order valence-corrected chi connectivity index (χ1v) is 7.74. The Balaban J connectivity index is 1.99. The van der Waals surface area contributed by atoms with Crippen LogP contribution in [0.1, 0.15) is 31.4 Å². The van der Waals surface area contributed by atoms with Crippen LogP contribution in [0.15, 0.2) is 24.4 Å². The number of aliphatic hydroxyl groups is 1. The summed E-state index contributed by atoms with van der Waals surface area (Å²) in [6, 6.07) is 6.21.